The Balaban J connectivity index is 2.03. The van der Waals surface area contributed by atoms with Gasteiger partial charge in [0.05, 0.1) is 12.2 Å². The van der Waals surface area contributed by atoms with Gasteiger partial charge in [0.15, 0.2) is 0 Å². The van der Waals surface area contributed by atoms with E-state index >= 15 is 0 Å². The molecule has 5 nitrogen and oxygen atoms in total. The number of aryl methyl sites for hydroxylation is 1. The minimum Gasteiger partial charge on any atom is -0.311 e. The van der Waals surface area contributed by atoms with Crippen molar-refractivity contribution in [1.82, 2.24) is 14.8 Å². The van der Waals surface area contributed by atoms with Gasteiger partial charge in [0, 0.05) is 29.8 Å². The number of anilines is 1. The number of carbonyl (C=O) groups is 1. The van der Waals surface area contributed by atoms with Gasteiger partial charge in [0.25, 0.3) is 0 Å². The maximum absolute atomic E-state index is 12.2. The third kappa shape index (κ3) is 2.51. The molecule has 0 saturated heterocycles. The smallest absolute Gasteiger partial charge is 0.226 e. The topological polar surface area (TPSA) is 59.8 Å². The molecule has 2 aromatic heterocycles. The largest absolute Gasteiger partial charge is 0.311 e. The van der Waals surface area contributed by atoms with Crippen LogP contribution in [0.15, 0.2) is 24.5 Å². The molecule has 5 heteroatoms. The van der Waals surface area contributed by atoms with Gasteiger partial charge < -0.3 is 5.32 Å². The Bertz CT molecular complexity index is 670. The number of fused-ring (bicyclic) bond motifs is 1. The van der Waals surface area contributed by atoms with Crippen LogP contribution in [0.3, 0.4) is 0 Å². The Morgan fingerprint density at radius 3 is 2.73 bits per heavy atom. The van der Waals surface area contributed by atoms with E-state index in [1.165, 1.54) is 0 Å². The molecule has 0 bridgehead atoms. The summed E-state index contributed by atoms with van der Waals surface area (Å²) in [5.74, 6) is 0.946. The fraction of sp³-hybridized carbons (Fsp3) is 0.471. The van der Waals surface area contributed by atoms with Gasteiger partial charge in [0.1, 0.15) is 5.82 Å². The molecule has 3 heterocycles. The molecule has 0 spiro atoms. The fourth-order valence-corrected chi connectivity index (χ4v) is 3.13. The molecule has 2 aromatic rings. The summed E-state index contributed by atoms with van der Waals surface area (Å²) in [6.07, 6.45) is 6.22. The SMILES string of the molecule is CCC(CC)n1ncc2c1NC(=O)CC2c1ccc(C)nc1. The molecule has 1 amide bonds. The number of carbonyl (C=O) groups excluding carboxylic acids is 1. The van der Waals surface area contributed by atoms with Crippen molar-refractivity contribution < 1.29 is 4.79 Å². The lowest BCUT2D eigenvalue weighted by molar-refractivity contribution is -0.116. The lowest BCUT2D eigenvalue weighted by Gasteiger charge is -2.25. The van der Waals surface area contributed by atoms with E-state index in [4.69, 9.17) is 0 Å². The first-order valence-electron chi connectivity index (χ1n) is 7.93. The van der Waals surface area contributed by atoms with Crippen LogP contribution in [0.25, 0.3) is 0 Å². The van der Waals surface area contributed by atoms with Crippen LogP contribution >= 0.6 is 0 Å². The Hall–Kier alpha value is -2.17. The van der Waals surface area contributed by atoms with Crippen LogP contribution < -0.4 is 5.32 Å². The van der Waals surface area contributed by atoms with Gasteiger partial charge in [-0.2, -0.15) is 5.10 Å². The molecule has 22 heavy (non-hydrogen) atoms. The summed E-state index contributed by atoms with van der Waals surface area (Å²) in [6.45, 7) is 6.26. The van der Waals surface area contributed by atoms with Gasteiger partial charge in [-0.15, -0.1) is 0 Å². The van der Waals surface area contributed by atoms with Crippen LogP contribution in [0.1, 0.15) is 61.9 Å². The Morgan fingerprint density at radius 2 is 2.09 bits per heavy atom. The van der Waals surface area contributed by atoms with Crippen molar-refractivity contribution in [2.45, 2.75) is 52.0 Å². The molecule has 3 rings (SSSR count). The zero-order valence-corrected chi connectivity index (χ0v) is 13.3. The molecule has 1 aliphatic rings. The van der Waals surface area contributed by atoms with E-state index in [2.05, 4.69) is 35.3 Å². The Labute approximate surface area is 130 Å². The van der Waals surface area contributed by atoms with Crippen molar-refractivity contribution in [1.29, 1.82) is 0 Å². The first kappa shape index (κ1) is 14.8. The zero-order valence-electron chi connectivity index (χ0n) is 13.3. The summed E-state index contributed by atoms with van der Waals surface area (Å²) in [6, 6.07) is 4.37. The van der Waals surface area contributed by atoms with Gasteiger partial charge in [-0.1, -0.05) is 19.9 Å². The maximum atomic E-state index is 12.2. The second-order valence-corrected chi connectivity index (χ2v) is 5.90. The van der Waals surface area contributed by atoms with Gasteiger partial charge in [-0.25, -0.2) is 4.68 Å². The molecule has 1 unspecified atom stereocenters. The molecule has 0 radical (unpaired) electrons. The number of nitrogens with one attached hydrogen (secondary N) is 1. The molecule has 0 fully saturated rings. The van der Waals surface area contributed by atoms with Crippen LogP contribution in [0.5, 0.6) is 0 Å². The van der Waals surface area contributed by atoms with Gasteiger partial charge >= 0.3 is 0 Å². The fourth-order valence-electron chi connectivity index (χ4n) is 3.13. The lowest BCUT2D eigenvalue weighted by Crippen LogP contribution is -2.26. The van der Waals surface area contributed by atoms with Crippen LogP contribution in [0.2, 0.25) is 0 Å². The quantitative estimate of drug-likeness (QED) is 0.940. The highest BCUT2D eigenvalue weighted by molar-refractivity contribution is 5.94. The number of aromatic nitrogens is 3. The number of pyridine rings is 1. The van der Waals surface area contributed by atoms with Crippen LogP contribution in [0, 0.1) is 6.92 Å². The molecule has 0 aromatic carbocycles. The Kier molecular flexibility index (Phi) is 3.96. The third-order valence-electron chi connectivity index (χ3n) is 4.47. The summed E-state index contributed by atoms with van der Waals surface area (Å²) in [4.78, 5) is 16.5. The molecular formula is C17H22N4O. The van der Waals surface area contributed by atoms with Crippen molar-refractivity contribution >= 4 is 11.7 Å². The molecule has 116 valence electrons. The van der Waals surface area contributed by atoms with Gasteiger partial charge in [-0.3, -0.25) is 9.78 Å². The predicted octanol–water partition coefficient (Wildman–Crippen LogP) is 3.42. The standard InChI is InChI=1S/C17H22N4O/c1-4-13(5-2)21-17-15(10-19-21)14(8-16(22)20-17)12-7-6-11(3)18-9-12/h6-7,9-10,13-14H,4-5,8H2,1-3H3,(H,20,22). The molecule has 0 saturated carbocycles. The van der Waals surface area contributed by atoms with Gasteiger partial charge in [0.2, 0.25) is 5.91 Å². The van der Waals surface area contributed by atoms with E-state index in [1.54, 1.807) is 0 Å². The Morgan fingerprint density at radius 1 is 1.32 bits per heavy atom. The van der Waals surface area contributed by atoms with Crippen molar-refractivity contribution in [3.05, 3.63) is 41.3 Å². The monoisotopic (exact) mass is 298 g/mol. The first-order chi connectivity index (χ1) is 10.6. The number of amides is 1. The highest BCUT2D eigenvalue weighted by Gasteiger charge is 2.31. The summed E-state index contributed by atoms with van der Waals surface area (Å²) < 4.78 is 1.97. The van der Waals surface area contributed by atoms with E-state index in [1.807, 2.05) is 30.1 Å². The second-order valence-electron chi connectivity index (χ2n) is 5.90. The van der Waals surface area contributed by atoms with Crippen molar-refractivity contribution in [3.8, 4) is 0 Å². The lowest BCUT2D eigenvalue weighted by atomic mass is 9.88. The van der Waals surface area contributed by atoms with E-state index in [9.17, 15) is 4.79 Å². The summed E-state index contributed by atoms with van der Waals surface area (Å²) in [5, 5.41) is 7.56. The van der Waals surface area contributed by atoms with Crippen molar-refractivity contribution in [2.75, 3.05) is 5.32 Å². The number of hydrogen-bond acceptors (Lipinski definition) is 3. The average molecular weight is 298 g/mol. The predicted molar refractivity (Wildman–Crippen MR) is 85.9 cm³/mol. The van der Waals surface area contributed by atoms with Crippen LogP contribution in [-0.4, -0.2) is 20.7 Å². The second kappa shape index (κ2) is 5.91. The minimum absolute atomic E-state index is 0.0416. The average Bonchev–Trinajstić information content (AvgIpc) is 2.92. The highest BCUT2D eigenvalue weighted by Crippen LogP contribution is 2.38. The highest BCUT2D eigenvalue weighted by atomic mass is 16.1. The summed E-state index contributed by atoms with van der Waals surface area (Å²) in [5.41, 5.74) is 3.15. The van der Waals surface area contributed by atoms with E-state index < -0.39 is 0 Å². The van der Waals surface area contributed by atoms with Crippen molar-refractivity contribution in [2.24, 2.45) is 0 Å². The van der Waals surface area contributed by atoms with E-state index in [0.29, 0.717) is 12.5 Å². The minimum atomic E-state index is 0.0416. The van der Waals surface area contributed by atoms with E-state index in [-0.39, 0.29) is 11.8 Å². The van der Waals surface area contributed by atoms with Crippen LogP contribution in [-0.2, 0) is 4.79 Å². The molecular weight excluding hydrogens is 276 g/mol. The third-order valence-corrected chi connectivity index (χ3v) is 4.47. The molecule has 1 N–H and O–H groups in total. The van der Waals surface area contributed by atoms with Gasteiger partial charge in [-0.05, 0) is 31.4 Å². The van der Waals surface area contributed by atoms with Crippen molar-refractivity contribution in [3.63, 3.8) is 0 Å². The van der Waals surface area contributed by atoms with E-state index in [0.717, 1.165) is 35.5 Å². The summed E-state index contributed by atoms with van der Waals surface area (Å²) in [7, 11) is 0. The zero-order chi connectivity index (χ0) is 15.7. The molecule has 1 aliphatic heterocycles. The summed E-state index contributed by atoms with van der Waals surface area (Å²) >= 11 is 0. The van der Waals surface area contributed by atoms with Crippen LogP contribution in [0.4, 0.5) is 5.82 Å². The number of hydrogen-bond donors (Lipinski definition) is 1. The molecule has 0 aliphatic carbocycles. The normalized spacial score (nSPS) is 17.5. The first-order valence-corrected chi connectivity index (χ1v) is 7.93. The maximum Gasteiger partial charge on any atom is 0.226 e. The number of rotatable bonds is 4. The number of nitrogens with zero attached hydrogens (tertiary/aromatic N) is 3. The molecule has 1 atom stereocenters.